The van der Waals surface area contributed by atoms with Crippen LogP contribution in [0, 0.1) is 5.92 Å². The first-order chi connectivity index (χ1) is 25.7. The molecule has 5 nitrogen and oxygen atoms in total. The van der Waals surface area contributed by atoms with Crippen molar-refractivity contribution in [1.82, 2.24) is 0 Å². The topological polar surface area (TPSA) is 46.2 Å². The molecule has 0 saturated carbocycles. The number of halogens is 1. The summed E-state index contributed by atoms with van der Waals surface area (Å²) in [5, 5.41) is 2.76. The van der Waals surface area contributed by atoms with Crippen LogP contribution < -0.4 is 15.1 Å². The number of hydrogen-bond acceptors (Lipinski definition) is 5. The lowest BCUT2D eigenvalue weighted by molar-refractivity contribution is -0.234. The molecule has 5 atom stereocenters. The van der Waals surface area contributed by atoms with E-state index in [1.807, 2.05) is 42.5 Å². The number of rotatable bonds is 14. The van der Waals surface area contributed by atoms with Crippen molar-refractivity contribution >= 4 is 30.3 Å². The van der Waals surface area contributed by atoms with Gasteiger partial charge in [-0.25, -0.2) is 0 Å². The van der Waals surface area contributed by atoms with Gasteiger partial charge in [-0.2, -0.15) is 0 Å². The summed E-state index contributed by atoms with van der Waals surface area (Å²) in [6.07, 6.45) is -0.300. The van der Waals surface area contributed by atoms with Gasteiger partial charge in [0.15, 0.2) is 0 Å². The van der Waals surface area contributed by atoms with Gasteiger partial charge in [0.05, 0.1) is 44.2 Å². The lowest BCUT2D eigenvalue weighted by Gasteiger charge is -2.46. The molecule has 1 aliphatic heterocycles. The molecule has 1 unspecified atom stereocenters. The average Bonchev–Trinajstić information content (AvgIpc) is 3.18. The van der Waals surface area contributed by atoms with Crippen LogP contribution in [-0.2, 0) is 38.5 Å². The second-order valence-corrected chi connectivity index (χ2v) is 19.7. The molecule has 0 bridgehead atoms. The van der Waals surface area contributed by atoms with E-state index in [1.165, 1.54) is 10.4 Å². The van der Waals surface area contributed by atoms with Gasteiger partial charge < -0.3 is 23.4 Å². The predicted molar refractivity (Wildman–Crippen MR) is 218 cm³/mol. The van der Waals surface area contributed by atoms with E-state index < -0.39 is 20.5 Å². The molecule has 0 radical (unpaired) electrons. The highest BCUT2D eigenvalue weighted by Crippen LogP contribution is 2.44. The van der Waals surface area contributed by atoms with E-state index in [0.717, 1.165) is 28.7 Å². The van der Waals surface area contributed by atoms with E-state index in [9.17, 15) is 0 Å². The quantitative estimate of drug-likeness (QED) is 0.106. The predicted octanol–water partition coefficient (Wildman–Crippen LogP) is 10.1. The Labute approximate surface area is 322 Å². The van der Waals surface area contributed by atoms with Crippen molar-refractivity contribution in [2.75, 3.05) is 7.11 Å². The van der Waals surface area contributed by atoms with Crippen LogP contribution in [0.1, 0.15) is 69.4 Å². The summed E-state index contributed by atoms with van der Waals surface area (Å²) in [6.45, 7) is 12.4. The van der Waals surface area contributed by atoms with Gasteiger partial charge in [-0.1, -0.05) is 168 Å². The minimum absolute atomic E-state index is 0.0455. The largest absolute Gasteiger partial charge is 0.495 e. The normalized spacial score (nSPS) is 20.6. The van der Waals surface area contributed by atoms with Gasteiger partial charge in [-0.15, -0.1) is 0 Å². The number of benzene rings is 5. The zero-order chi connectivity index (χ0) is 37.4. The van der Waals surface area contributed by atoms with Gasteiger partial charge >= 0.3 is 0 Å². The molecule has 6 rings (SSSR count). The van der Waals surface area contributed by atoms with Crippen molar-refractivity contribution < 1.29 is 23.4 Å². The highest BCUT2D eigenvalue weighted by molar-refractivity contribution is 6.99. The summed E-state index contributed by atoms with van der Waals surface area (Å²) in [6, 6.07) is 46.0. The van der Waals surface area contributed by atoms with Crippen LogP contribution in [0.4, 0.5) is 0 Å². The highest BCUT2D eigenvalue weighted by atomic mass is 35.5. The molecule has 53 heavy (non-hydrogen) atoms. The molecule has 1 fully saturated rings. The molecule has 1 saturated heterocycles. The number of hydrogen-bond donors (Lipinski definition) is 0. The highest BCUT2D eigenvalue weighted by Gasteiger charge is 2.50. The summed E-state index contributed by atoms with van der Waals surface area (Å²) in [7, 11) is -1.20. The summed E-state index contributed by atoms with van der Waals surface area (Å²) < 4.78 is 34.0. The van der Waals surface area contributed by atoms with Crippen molar-refractivity contribution in [2.45, 2.75) is 90.3 Å². The second-order valence-electron chi connectivity index (χ2n) is 15.0. The van der Waals surface area contributed by atoms with Crippen LogP contribution >= 0.6 is 11.6 Å². The molecular formula is C46H53ClO5Si. The third-order valence-corrected chi connectivity index (χ3v) is 16.0. The van der Waals surface area contributed by atoms with Gasteiger partial charge in [0, 0.05) is 5.92 Å². The maximum Gasteiger partial charge on any atom is 0.261 e. The zero-order valence-electron chi connectivity index (χ0n) is 31.8. The van der Waals surface area contributed by atoms with Crippen LogP contribution in [0.5, 0.6) is 5.75 Å². The minimum atomic E-state index is -2.86. The van der Waals surface area contributed by atoms with E-state index >= 15 is 0 Å². The molecule has 7 heteroatoms. The zero-order valence-corrected chi connectivity index (χ0v) is 33.6. The van der Waals surface area contributed by atoms with Crippen LogP contribution in [0.15, 0.2) is 133 Å². The monoisotopic (exact) mass is 748 g/mol. The van der Waals surface area contributed by atoms with Crippen molar-refractivity contribution in [3.8, 4) is 5.75 Å². The molecule has 278 valence electrons. The standard InChI is InChI=1S/C46H53ClO5Si/c1-7-40-33(2)43(49-30-34-20-12-8-13-21-34)45(50-31-35-22-14-9-15-23-35)44(52-40)36-28-37(42(47)41(29-36)48-6)32-51-53(46(3,4)5,38-24-16-10-17-25-38)39-26-18-11-19-27-39/h8-29,33,40,43-45H,7,30-32H2,1-6H3/t33-,40-,43+,44?,45-/m1/s1. The molecule has 0 N–H and O–H groups in total. The van der Waals surface area contributed by atoms with Crippen LogP contribution in [-0.4, -0.2) is 33.7 Å². The second kappa shape index (κ2) is 17.6. The third-order valence-electron chi connectivity index (χ3n) is 10.6. The number of methoxy groups -OCH3 is 1. The van der Waals surface area contributed by atoms with Crippen LogP contribution in [0.25, 0.3) is 0 Å². The molecule has 0 aliphatic carbocycles. The Morgan fingerprint density at radius 2 is 1.17 bits per heavy atom. The van der Waals surface area contributed by atoms with Crippen molar-refractivity contribution in [3.63, 3.8) is 0 Å². The van der Waals surface area contributed by atoms with Gasteiger partial charge in [0.1, 0.15) is 18.0 Å². The Hall–Kier alpha value is -3.75. The Balaban J connectivity index is 1.40. The van der Waals surface area contributed by atoms with Gasteiger partial charge in [-0.3, -0.25) is 0 Å². The lowest BCUT2D eigenvalue weighted by atomic mass is 9.84. The van der Waals surface area contributed by atoms with E-state index in [1.54, 1.807) is 7.11 Å². The summed E-state index contributed by atoms with van der Waals surface area (Å²) in [5.74, 6) is 0.664. The summed E-state index contributed by atoms with van der Waals surface area (Å²) >= 11 is 7.17. The lowest BCUT2D eigenvalue weighted by Crippen LogP contribution is -2.66. The first kappa shape index (κ1) is 39.0. The molecule has 5 aromatic rings. The first-order valence-corrected chi connectivity index (χ1v) is 21.0. The van der Waals surface area contributed by atoms with Gasteiger partial charge in [0.2, 0.25) is 0 Å². The summed E-state index contributed by atoms with van der Waals surface area (Å²) in [5.41, 5.74) is 3.97. The summed E-state index contributed by atoms with van der Waals surface area (Å²) in [4.78, 5) is 0. The molecule has 5 aromatic carbocycles. The first-order valence-electron chi connectivity index (χ1n) is 18.7. The SMILES string of the molecule is CC[C@H]1OC(c2cc(CO[Si](c3ccccc3)(c3ccccc3)C(C)(C)C)c(Cl)c(OC)c2)[C@H](OCc2ccccc2)[C@@H](OCc2ccccc2)[C@@H]1C. The van der Waals surface area contributed by atoms with Crippen molar-refractivity contribution in [3.05, 3.63) is 161 Å². The van der Waals surface area contributed by atoms with Crippen molar-refractivity contribution in [1.29, 1.82) is 0 Å². The Bertz CT molecular complexity index is 1830. The molecule has 0 spiro atoms. The van der Waals surface area contributed by atoms with E-state index in [-0.39, 0.29) is 23.2 Å². The van der Waals surface area contributed by atoms with E-state index in [0.29, 0.717) is 30.6 Å². The average molecular weight is 749 g/mol. The molecular weight excluding hydrogens is 696 g/mol. The fourth-order valence-electron chi connectivity index (χ4n) is 7.82. The Kier molecular flexibility index (Phi) is 12.9. The van der Waals surface area contributed by atoms with Gasteiger partial charge in [-0.05, 0) is 56.2 Å². The molecule has 1 heterocycles. The van der Waals surface area contributed by atoms with Gasteiger partial charge in [0.25, 0.3) is 8.32 Å². The fourth-order valence-corrected chi connectivity index (χ4v) is 12.6. The molecule has 0 aromatic heterocycles. The van der Waals surface area contributed by atoms with Crippen LogP contribution in [0.3, 0.4) is 0 Å². The van der Waals surface area contributed by atoms with Crippen LogP contribution in [0.2, 0.25) is 10.1 Å². The van der Waals surface area contributed by atoms with E-state index in [2.05, 4.69) is 126 Å². The maximum absolute atomic E-state index is 7.38. The maximum atomic E-state index is 7.38. The number of ether oxygens (including phenoxy) is 4. The Morgan fingerprint density at radius 3 is 1.64 bits per heavy atom. The molecule has 0 amide bonds. The Morgan fingerprint density at radius 1 is 0.679 bits per heavy atom. The smallest absolute Gasteiger partial charge is 0.261 e. The van der Waals surface area contributed by atoms with Crippen molar-refractivity contribution in [2.24, 2.45) is 5.92 Å². The molecule has 1 aliphatic rings. The van der Waals surface area contributed by atoms with E-state index in [4.69, 9.17) is 35.0 Å². The third kappa shape index (κ3) is 8.65. The minimum Gasteiger partial charge on any atom is -0.495 e. The fraction of sp³-hybridized carbons (Fsp3) is 0.348.